The second-order valence-corrected chi connectivity index (χ2v) is 5.55. The van der Waals surface area contributed by atoms with Gasteiger partial charge in [0.2, 0.25) is 5.91 Å². The molecule has 1 saturated carbocycles. The Hall–Kier alpha value is -0.320. The molecule has 106 valence electrons. The van der Waals surface area contributed by atoms with Crippen molar-refractivity contribution < 1.29 is 9.53 Å². The number of halogens is 1. The number of carbonyl (C=O) groups is 1. The van der Waals surface area contributed by atoms with Crippen molar-refractivity contribution in [3.63, 3.8) is 0 Å². The fourth-order valence-electron chi connectivity index (χ4n) is 3.28. The fraction of sp³-hybridized carbons (Fsp3) is 0.923. The Morgan fingerprint density at radius 3 is 2.67 bits per heavy atom. The van der Waals surface area contributed by atoms with E-state index < -0.39 is 0 Å². The van der Waals surface area contributed by atoms with Crippen molar-refractivity contribution in [1.82, 2.24) is 4.90 Å². The van der Waals surface area contributed by atoms with Crippen LogP contribution in [-0.4, -0.2) is 44.2 Å². The maximum Gasteiger partial charge on any atom is 0.230 e. The summed E-state index contributed by atoms with van der Waals surface area (Å²) >= 11 is 0. The number of nitrogens with two attached hydrogens (primary N) is 1. The van der Waals surface area contributed by atoms with Gasteiger partial charge in [-0.15, -0.1) is 12.4 Å². The first-order valence-electron chi connectivity index (χ1n) is 6.70. The summed E-state index contributed by atoms with van der Waals surface area (Å²) in [6, 6.07) is 0. The Morgan fingerprint density at radius 2 is 2.11 bits per heavy atom. The van der Waals surface area contributed by atoms with Crippen molar-refractivity contribution in [3.8, 4) is 0 Å². The molecule has 2 rings (SSSR count). The van der Waals surface area contributed by atoms with E-state index in [0.717, 1.165) is 51.8 Å². The van der Waals surface area contributed by atoms with E-state index in [9.17, 15) is 4.79 Å². The molecule has 4 nitrogen and oxygen atoms in total. The minimum Gasteiger partial charge on any atom is -0.384 e. The minimum atomic E-state index is -0.234. The molecule has 18 heavy (non-hydrogen) atoms. The molecule has 0 radical (unpaired) electrons. The molecule has 1 amide bonds. The van der Waals surface area contributed by atoms with E-state index in [1.54, 1.807) is 7.11 Å². The van der Waals surface area contributed by atoms with Crippen molar-refractivity contribution >= 4 is 18.3 Å². The van der Waals surface area contributed by atoms with E-state index in [1.165, 1.54) is 0 Å². The highest BCUT2D eigenvalue weighted by atomic mass is 35.5. The second kappa shape index (κ2) is 6.73. The summed E-state index contributed by atoms with van der Waals surface area (Å²) in [7, 11) is 1.73. The summed E-state index contributed by atoms with van der Waals surface area (Å²) in [5, 5.41) is 0. The highest BCUT2D eigenvalue weighted by Gasteiger charge is 2.43. The van der Waals surface area contributed by atoms with E-state index in [2.05, 4.69) is 0 Å². The highest BCUT2D eigenvalue weighted by Crippen LogP contribution is 2.39. The van der Waals surface area contributed by atoms with E-state index >= 15 is 0 Å². The number of ether oxygens (including phenoxy) is 1. The van der Waals surface area contributed by atoms with Gasteiger partial charge in [-0.3, -0.25) is 4.79 Å². The Labute approximate surface area is 116 Å². The summed E-state index contributed by atoms with van der Waals surface area (Å²) in [6.07, 6.45) is 5.33. The first kappa shape index (κ1) is 15.7. The summed E-state index contributed by atoms with van der Waals surface area (Å²) in [5.41, 5.74) is 5.62. The van der Waals surface area contributed by atoms with E-state index in [4.69, 9.17) is 10.5 Å². The summed E-state index contributed by atoms with van der Waals surface area (Å²) in [6.45, 7) is 3.01. The number of methoxy groups -OCH3 is 1. The minimum absolute atomic E-state index is 0. The van der Waals surface area contributed by atoms with Crippen LogP contribution in [0, 0.1) is 11.3 Å². The van der Waals surface area contributed by atoms with Crippen LogP contribution in [-0.2, 0) is 9.53 Å². The molecule has 1 heterocycles. The zero-order chi connectivity index (χ0) is 12.3. The lowest BCUT2D eigenvalue weighted by atomic mass is 9.84. The van der Waals surface area contributed by atoms with Crippen molar-refractivity contribution in [2.24, 2.45) is 17.1 Å². The van der Waals surface area contributed by atoms with Crippen molar-refractivity contribution in [2.75, 3.05) is 33.4 Å². The average molecular weight is 277 g/mol. The molecule has 5 heteroatoms. The molecule has 1 aliphatic carbocycles. The van der Waals surface area contributed by atoms with E-state index in [0.29, 0.717) is 18.4 Å². The molecular formula is C13H25ClN2O2. The van der Waals surface area contributed by atoms with Gasteiger partial charge in [-0.05, 0) is 19.3 Å². The van der Waals surface area contributed by atoms with Gasteiger partial charge in [-0.25, -0.2) is 0 Å². The molecule has 1 aliphatic heterocycles. The molecule has 1 unspecified atom stereocenters. The third-order valence-electron chi connectivity index (χ3n) is 4.38. The monoisotopic (exact) mass is 276 g/mol. The van der Waals surface area contributed by atoms with Crippen LogP contribution in [0.25, 0.3) is 0 Å². The number of rotatable bonds is 4. The molecular weight excluding hydrogens is 252 g/mol. The zero-order valence-electron chi connectivity index (χ0n) is 11.2. The lowest BCUT2D eigenvalue weighted by molar-refractivity contribution is -0.140. The predicted octanol–water partition coefficient (Wildman–Crippen LogP) is 1.42. The number of nitrogens with zero attached hydrogens (tertiary/aromatic N) is 1. The van der Waals surface area contributed by atoms with Gasteiger partial charge in [0.15, 0.2) is 0 Å². The smallest absolute Gasteiger partial charge is 0.230 e. The number of carbonyl (C=O) groups excluding carboxylic acids is 1. The molecule has 2 aliphatic rings. The molecule has 1 saturated heterocycles. The first-order chi connectivity index (χ1) is 8.22. The molecule has 0 aromatic heterocycles. The van der Waals surface area contributed by atoms with Gasteiger partial charge >= 0.3 is 0 Å². The van der Waals surface area contributed by atoms with Crippen molar-refractivity contribution in [2.45, 2.75) is 32.1 Å². The molecule has 0 spiro atoms. The Balaban J connectivity index is 0.00000162. The van der Waals surface area contributed by atoms with E-state index in [-0.39, 0.29) is 17.8 Å². The largest absolute Gasteiger partial charge is 0.384 e. The lowest BCUT2D eigenvalue weighted by Crippen LogP contribution is -2.45. The SMILES string of the molecule is COCC1CCN(C(=O)C2(CN)CCCC2)C1.Cl. The van der Waals surface area contributed by atoms with Gasteiger partial charge in [0.25, 0.3) is 0 Å². The second-order valence-electron chi connectivity index (χ2n) is 5.55. The molecule has 2 N–H and O–H groups in total. The predicted molar refractivity (Wildman–Crippen MR) is 73.8 cm³/mol. The third kappa shape index (κ3) is 2.98. The van der Waals surface area contributed by atoms with Crippen LogP contribution in [0.15, 0.2) is 0 Å². The van der Waals surface area contributed by atoms with Gasteiger partial charge in [-0.2, -0.15) is 0 Å². The molecule has 0 aromatic carbocycles. The van der Waals surface area contributed by atoms with Crippen LogP contribution in [0.3, 0.4) is 0 Å². The van der Waals surface area contributed by atoms with Crippen LogP contribution < -0.4 is 5.73 Å². The summed E-state index contributed by atoms with van der Waals surface area (Å²) < 4.78 is 5.17. The van der Waals surface area contributed by atoms with Gasteiger partial charge in [0, 0.05) is 32.7 Å². The summed E-state index contributed by atoms with van der Waals surface area (Å²) in [4.78, 5) is 14.6. The van der Waals surface area contributed by atoms with Crippen LogP contribution in [0.1, 0.15) is 32.1 Å². The molecule has 0 bridgehead atoms. The summed E-state index contributed by atoms with van der Waals surface area (Å²) in [5.74, 6) is 0.816. The molecule has 0 aromatic rings. The maximum atomic E-state index is 12.6. The Kier molecular flexibility index (Phi) is 5.89. The van der Waals surface area contributed by atoms with E-state index in [1.807, 2.05) is 4.90 Å². The normalized spacial score (nSPS) is 26.1. The third-order valence-corrected chi connectivity index (χ3v) is 4.38. The van der Waals surface area contributed by atoms with Crippen LogP contribution in [0.4, 0.5) is 0 Å². The number of amides is 1. The number of hydrogen-bond acceptors (Lipinski definition) is 3. The quantitative estimate of drug-likeness (QED) is 0.845. The number of likely N-dealkylation sites (tertiary alicyclic amines) is 1. The Morgan fingerprint density at radius 1 is 1.44 bits per heavy atom. The van der Waals surface area contributed by atoms with Crippen molar-refractivity contribution in [1.29, 1.82) is 0 Å². The van der Waals surface area contributed by atoms with Crippen LogP contribution >= 0.6 is 12.4 Å². The van der Waals surface area contributed by atoms with Gasteiger partial charge in [-0.1, -0.05) is 12.8 Å². The molecule has 2 fully saturated rings. The topological polar surface area (TPSA) is 55.6 Å². The number of hydrogen-bond donors (Lipinski definition) is 1. The lowest BCUT2D eigenvalue weighted by Gasteiger charge is -2.31. The maximum absolute atomic E-state index is 12.6. The van der Waals surface area contributed by atoms with Crippen molar-refractivity contribution in [3.05, 3.63) is 0 Å². The fourth-order valence-corrected chi connectivity index (χ4v) is 3.28. The van der Waals surface area contributed by atoms with Gasteiger partial charge < -0.3 is 15.4 Å². The first-order valence-corrected chi connectivity index (χ1v) is 6.70. The standard InChI is InChI=1S/C13H24N2O2.ClH/c1-17-9-11-4-7-15(8-11)12(16)13(10-14)5-2-3-6-13;/h11H,2-10,14H2,1H3;1H. The molecule has 1 atom stereocenters. The Bertz CT molecular complexity index is 280. The van der Waals surface area contributed by atoms with Gasteiger partial charge in [0.05, 0.1) is 12.0 Å². The average Bonchev–Trinajstić information content (AvgIpc) is 2.98. The highest BCUT2D eigenvalue weighted by molar-refractivity contribution is 5.85. The zero-order valence-corrected chi connectivity index (χ0v) is 12.0. The van der Waals surface area contributed by atoms with Crippen LogP contribution in [0.2, 0.25) is 0 Å². The van der Waals surface area contributed by atoms with Crippen LogP contribution in [0.5, 0.6) is 0 Å². The van der Waals surface area contributed by atoms with Gasteiger partial charge in [0.1, 0.15) is 0 Å².